The summed E-state index contributed by atoms with van der Waals surface area (Å²) in [5, 5.41) is 10.2. The quantitative estimate of drug-likeness (QED) is 0.912. The van der Waals surface area contributed by atoms with Gasteiger partial charge in [-0.05, 0) is 29.8 Å². The molecule has 0 amide bonds. The fourth-order valence-corrected chi connectivity index (χ4v) is 2.44. The molecule has 1 unspecified atom stereocenters. The van der Waals surface area contributed by atoms with Crippen LogP contribution in [-0.2, 0) is 0 Å². The van der Waals surface area contributed by atoms with E-state index in [1.165, 1.54) is 12.1 Å². The van der Waals surface area contributed by atoms with E-state index < -0.39 is 6.10 Å². The summed E-state index contributed by atoms with van der Waals surface area (Å²) in [4.78, 5) is 0. The molecule has 1 aliphatic rings. The molecule has 2 atom stereocenters. The maximum atomic E-state index is 13.3. The highest BCUT2D eigenvalue weighted by Crippen LogP contribution is 2.41. The maximum Gasteiger partial charge on any atom is 0.128 e. The summed E-state index contributed by atoms with van der Waals surface area (Å²) in [6, 6.07) is 11.7. The lowest BCUT2D eigenvalue weighted by molar-refractivity contribution is 0.0653. The van der Waals surface area contributed by atoms with Gasteiger partial charge in [-0.1, -0.05) is 12.1 Å². The molecule has 3 rings (SSSR count). The van der Waals surface area contributed by atoms with Crippen LogP contribution in [0.3, 0.4) is 0 Å². The van der Waals surface area contributed by atoms with Gasteiger partial charge in [0.25, 0.3) is 0 Å². The van der Waals surface area contributed by atoms with E-state index in [1.54, 1.807) is 13.2 Å². The Morgan fingerprint density at radius 1 is 1.20 bits per heavy atom. The van der Waals surface area contributed by atoms with Gasteiger partial charge in [0.15, 0.2) is 0 Å². The lowest BCUT2D eigenvalue weighted by Gasteiger charge is -2.30. The summed E-state index contributed by atoms with van der Waals surface area (Å²) in [7, 11) is 1.61. The minimum absolute atomic E-state index is 0.287. The first-order valence-corrected chi connectivity index (χ1v) is 6.45. The van der Waals surface area contributed by atoms with E-state index in [0.717, 1.165) is 11.3 Å². The third-order valence-electron chi connectivity index (χ3n) is 3.53. The number of methoxy groups -OCH3 is 1. The predicted molar refractivity (Wildman–Crippen MR) is 72.3 cm³/mol. The molecule has 1 aliphatic heterocycles. The molecule has 0 saturated carbocycles. The average Bonchev–Trinajstić information content (AvgIpc) is 2.46. The summed E-state index contributed by atoms with van der Waals surface area (Å²) in [5.41, 5.74) is 1.57. The highest BCUT2D eigenvalue weighted by atomic mass is 19.1. The van der Waals surface area contributed by atoms with Crippen LogP contribution in [0, 0.1) is 5.82 Å². The smallest absolute Gasteiger partial charge is 0.128 e. The third kappa shape index (κ3) is 2.34. The number of hydrogen-bond acceptors (Lipinski definition) is 3. The summed E-state index contributed by atoms with van der Waals surface area (Å²) in [6.45, 7) is 0. The Bertz CT molecular complexity index is 610. The monoisotopic (exact) mass is 274 g/mol. The molecular formula is C16H15FO3. The first-order chi connectivity index (χ1) is 9.67. The normalized spacial score (nSPS) is 20.9. The fourth-order valence-electron chi connectivity index (χ4n) is 2.44. The van der Waals surface area contributed by atoms with E-state index >= 15 is 0 Å². The van der Waals surface area contributed by atoms with Gasteiger partial charge in [-0.2, -0.15) is 0 Å². The Hall–Kier alpha value is -2.07. The van der Waals surface area contributed by atoms with Gasteiger partial charge in [-0.3, -0.25) is 0 Å². The van der Waals surface area contributed by atoms with E-state index in [0.29, 0.717) is 17.7 Å². The highest BCUT2D eigenvalue weighted by Gasteiger charge is 2.28. The summed E-state index contributed by atoms with van der Waals surface area (Å²) in [5.74, 6) is 0.799. The Morgan fingerprint density at radius 2 is 1.95 bits per heavy atom. The van der Waals surface area contributed by atoms with Crippen molar-refractivity contribution < 1.29 is 19.0 Å². The minimum Gasteiger partial charge on any atom is -0.497 e. The summed E-state index contributed by atoms with van der Waals surface area (Å²) >= 11 is 0. The molecule has 1 N–H and O–H groups in total. The SMILES string of the molecule is COc1ccc(C2C[C@H](O)c3ccc(F)cc3O2)cc1. The van der Waals surface area contributed by atoms with Crippen LogP contribution in [0.2, 0.25) is 0 Å². The molecule has 2 aromatic rings. The van der Waals surface area contributed by atoms with Crippen LogP contribution < -0.4 is 9.47 Å². The van der Waals surface area contributed by atoms with Crippen molar-refractivity contribution in [1.29, 1.82) is 0 Å². The lowest BCUT2D eigenvalue weighted by atomic mass is 9.95. The van der Waals surface area contributed by atoms with E-state index in [1.807, 2.05) is 24.3 Å². The van der Waals surface area contributed by atoms with Crippen molar-refractivity contribution in [1.82, 2.24) is 0 Å². The Balaban J connectivity index is 1.89. The number of rotatable bonds is 2. The number of ether oxygens (including phenoxy) is 2. The average molecular weight is 274 g/mol. The second-order valence-electron chi connectivity index (χ2n) is 4.81. The van der Waals surface area contributed by atoms with Crippen LogP contribution in [0.4, 0.5) is 4.39 Å². The van der Waals surface area contributed by atoms with Crippen molar-refractivity contribution in [3.63, 3.8) is 0 Å². The van der Waals surface area contributed by atoms with Crippen molar-refractivity contribution in [2.45, 2.75) is 18.6 Å². The van der Waals surface area contributed by atoms with Crippen LogP contribution in [0.1, 0.15) is 29.8 Å². The Morgan fingerprint density at radius 3 is 2.65 bits per heavy atom. The van der Waals surface area contributed by atoms with Gasteiger partial charge in [0.1, 0.15) is 23.4 Å². The zero-order chi connectivity index (χ0) is 14.1. The summed E-state index contributed by atoms with van der Waals surface area (Å²) in [6.07, 6.45) is -0.484. The Kier molecular flexibility index (Phi) is 3.32. The van der Waals surface area contributed by atoms with Gasteiger partial charge < -0.3 is 14.6 Å². The van der Waals surface area contributed by atoms with Crippen LogP contribution in [0.5, 0.6) is 11.5 Å². The minimum atomic E-state index is -0.647. The molecule has 0 spiro atoms. The molecule has 0 radical (unpaired) electrons. The van der Waals surface area contributed by atoms with E-state index in [9.17, 15) is 9.50 Å². The van der Waals surface area contributed by atoms with Gasteiger partial charge in [-0.15, -0.1) is 0 Å². The molecule has 1 heterocycles. The fraction of sp³-hybridized carbons (Fsp3) is 0.250. The molecule has 20 heavy (non-hydrogen) atoms. The molecule has 104 valence electrons. The molecule has 0 aromatic heterocycles. The molecular weight excluding hydrogens is 259 g/mol. The van der Waals surface area contributed by atoms with Crippen molar-refractivity contribution in [3.8, 4) is 11.5 Å². The van der Waals surface area contributed by atoms with Crippen molar-refractivity contribution in [3.05, 3.63) is 59.4 Å². The molecule has 4 heteroatoms. The van der Waals surface area contributed by atoms with Crippen molar-refractivity contribution >= 4 is 0 Å². The molecule has 3 nitrogen and oxygen atoms in total. The number of aliphatic hydroxyl groups excluding tert-OH is 1. The highest BCUT2D eigenvalue weighted by molar-refractivity contribution is 5.39. The zero-order valence-electron chi connectivity index (χ0n) is 11.0. The van der Waals surface area contributed by atoms with Gasteiger partial charge in [0, 0.05) is 18.1 Å². The van der Waals surface area contributed by atoms with Crippen LogP contribution in [0.15, 0.2) is 42.5 Å². The number of halogens is 1. The first kappa shape index (κ1) is 12.9. The largest absolute Gasteiger partial charge is 0.497 e. The lowest BCUT2D eigenvalue weighted by Crippen LogP contribution is -2.19. The number of aliphatic hydroxyl groups is 1. The first-order valence-electron chi connectivity index (χ1n) is 6.45. The third-order valence-corrected chi connectivity index (χ3v) is 3.53. The van der Waals surface area contributed by atoms with Crippen molar-refractivity contribution in [2.75, 3.05) is 7.11 Å². The van der Waals surface area contributed by atoms with Crippen LogP contribution in [-0.4, -0.2) is 12.2 Å². The number of hydrogen-bond donors (Lipinski definition) is 1. The second-order valence-corrected chi connectivity index (χ2v) is 4.81. The molecule has 0 bridgehead atoms. The molecule has 2 aromatic carbocycles. The second kappa shape index (κ2) is 5.13. The topological polar surface area (TPSA) is 38.7 Å². The molecule has 0 aliphatic carbocycles. The number of fused-ring (bicyclic) bond motifs is 1. The van der Waals surface area contributed by atoms with Crippen LogP contribution >= 0.6 is 0 Å². The Labute approximate surface area is 116 Å². The van der Waals surface area contributed by atoms with Crippen LogP contribution in [0.25, 0.3) is 0 Å². The van der Waals surface area contributed by atoms with E-state index in [4.69, 9.17) is 9.47 Å². The molecule has 0 fully saturated rings. The molecule has 0 saturated heterocycles. The van der Waals surface area contributed by atoms with E-state index in [2.05, 4.69) is 0 Å². The zero-order valence-corrected chi connectivity index (χ0v) is 11.0. The van der Waals surface area contributed by atoms with Gasteiger partial charge in [0.2, 0.25) is 0 Å². The standard InChI is InChI=1S/C16H15FO3/c1-19-12-5-2-10(3-6-12)15-9-14(18)13-7-4-11(17)8-16(13)20-15/h2-8,14-15,18H,9H2,1H3/t14-,15?/m0/s1. The predicted octanol–water partition coefficient (Wildman–Crippen LogP) is 3.39. The number of benzene rings is 2. The van der Waals surface area contributed by atoms with Crippen molar-refractivity contribution in [2.24, 2.45) is 0 Å². The van der Waals surface area contributed by atoms with Gasteiger partial charge in [0.05, 0.1) is 13.2 Å². The van der Waals surface area contributed by atoms with Gasteiger partial charge >= 0.3 is 0 Å². The van der Waals surface area contributed by atoms with E-state index in [-0.39, 0.29) is 11.9 Å². The maximum absolute atomic E-state index is 13.3. The summed E-state index contributed by atoms with van der Waals surface area (Å²) < 4.78 is 24.2. The van der Waals surface area contributed by atoms with Gasteiger partial charge in [-0.25, -0.2) is 4.39 Å².